The van der Waals surface area contributed by atoms with Gasteiger partial charge in [-0.3, -0.25) is 9.69 Å². The van der Waals surface area contributed by atoms with Crippen LogP contribution >= 0.6 is 24.0 Å². The van der Waals surface area contributed by atoms with Crippen LogP contribution in [0.5, 0.6) is 11.5 Å². The van der Waals surface area contributed by atoms with Gasteiger partial charge in [0, 0.05) is 5.56 Å². The van der Waals surface area contributed by atoms with Gasteiger partial charge in [-0.2, -0.15) is 0 Å². The highest BCUT2D eigenvalue weighted by Gasteiger charge is 2.33. The maximum atomic E-state index is 12.7. The summed E-state index contributed by atoms with van der Waals surface area (Å²) in [4.78, 5) is 14.6. The fourth-order valence-corrected chi connectivity index (χ4v) is 3.51. The molecular weight excluding hydrogens is 330 g/mol. The molecule has 0 saturated carbocycles. The number of carbonyl (C=O) groups excluding carboxylic acids is 1. The molecule has 0 radical (unpaired) electrons. The van der Waals surface area contributed by atoms with Crippen molar-refractivity contribution >= 4 is 46.0 Å². The molecule has 1 fully saturated rings. The van der Waals surface area contributed by atoms with Crippen molar-refractivity contribution in [3.8, 4) is 11.5 Å². The van der Waals surface area contributed by atoms with Gasteiger partial charge in [0.05, 0.1) is 17.7 Å². The normalized spacial score (nSPS) is 16.2. The first-order valence-electron chi connectivity index (χ1n) is 6.80. The number of phenols is 1. The van der Waals surface area contributed by atoms with Crippen molar-refractivity contribution in [3.05, 3.63) is 59.0 Å². The Bertz CT molecular complexity index is 800. The van der Waals surface area contributed by atoms with Crippen LogP contribution in [0.25, 0.3) is 6.08 Å². The minimum atomic E-state index is -0.184. The van der Waals surface area contributed by atoms with E-state index in [9.17, 15) is 9.90 Å². The standard InChI is InChI=1S/C17H13NO3S2/c1-21-14-5-3-2-4-11(14)10-15-16(20)18(17(22)23-15)12-6-8-13(19)9-7-12/h2-10,19H,1H3/b15-10+. The summed E-state index contributed by atoms with van der Waals surface area (Å²) in [5.41, 5.74) is 1.45. The van der Waals surface area contributed by atoms with Gasteiger partial charge in [0.2, 0.25) is 0 Å². The summed E-state index contributed by atoms with van der Waals surface area (Å²) in [7, 11) is 1.59. The lowest BCUT2D eigenvalue weighted by Crippen LogP contribution is -2.27. The third-order valence-electron chi connectivity index (χ3n) is 3.33. The van der Waals surface area contributed by atoms with Crippen molar-refractivity contribution in [1.82, 2.24) is 0 Å². The van der Waals surface area contributed by atoms with Gasteiger partial charge in [0.1, 0.15) is 11.5 Å². The zero-order valence-corrected chi connectivity index (χ0v) is 13.9. The lowest BCUT2D eigenvalue weighted by Gasteiger charge is -2.14. The van der Waals surface area contributed by atoms with Gasteiger partial charge in [-0.1, -0.05) is 42.2 Å². The molecule has 23 heavy (non-hydrogen) atoms. The van der Waals surface area contributed by atoms with Crippen molar-refractivity contribution in [2.75, 3.05) is 12.0 Å². The van der Waals surface area contributed by atoms with E-state index in [-0.39, 0.29) is 11.7 Å². The first-order valence-corrected chi connectivity index (χ1v) is 8.02. The minimum absolute atomic E-state index is 0.142. The highest BCUT2D eigenvalue weighted by Crippen LogP contribution is 2.37. The van der Waals surface area contributed by atoms with Gasteiger partial charge in [-0.25, -0.2) is 0 Å². The van der Waals surface area contributed by atoms with Gasteiger partial charge in [0.15, 0.2) is 4.32 Å². The lowest BCUT2D eigenvalue weighted by atomic mass is 10.2. The minimum Gasteiger partial charge on any atom is -0.508 e. The number of phenolic OH excluding ortho intramolecular Hbond substituents is 1. The first kappa shape index (κ1) is 15.6. The quantitative estimate of drug-likeness (QED) is 0.678. The van der Waals surface area contributed by atoms with Crippen LogP contribution < -0.4 is 9.64 Å². The van der Waals surface area contributed by atoms with Crippen LogP contribution in [0, 0.1) is 0 Å². The number of hydrogen-bond donors (Lipinski definition) is 1. The maximum absolute atomic E-state index is 12.7. The molecule has 1 N–H and O–H groups in total. The number of benzene rings is 2. The molecule has 1 aliphatic rings. The van der Waals surface area contributed by atoms with E-state index < -0.39 is 0 Å². The molecule has 0 aliphatic carbocycles. The number of aromatic hydroxyl groups is 1. The second-order valence-electron chi connectivity index (χ2n) is 4.78. The molecule has 2 aromatic carbocycles. The van der Waals surface area contributed by atoms with E-state index in [1.807, 2.05) is 24.3 Å². The van der Waals surface area contributed by atoms with Crippen molar-refractivity contribution < 1.29 is 14.6 Å². The molecule has 116 valence electrons. The fourth-order valence-electron chi connectivity index (χ4n) is 2.22. The number of para-hydroxylation sites is 1. The predicted octanol–water partition coefficient (Wildman–Crippen LogP) is 3.81. The summed E-state index contributed by atoms with van der Waals surface area (Å²) >= 11 is 6.57. The molecule has 1 aliphatic heterocycles. The molecule has 0 atom stereocenters. The topological polar surface area (TPSA) is 49.8 Å². The average molecular weight is 343 g/mol. The van der Waals surface area contributed by atoms with Crippen LogP contribution in [0.15, 0.2) is 53.4 Å². The third-order valence-corrected chi connectivity index (χ3v) is 4.63. The second kappa shape index (κ2) is 6.44. The van der Waals surface area contributed by atoms with Crippen LogP contribution in [0.2, 0.25) is 0 Å². The highest BCUT2D eigenvalue weighted by molar-refractivity contribution is 8.27. The van der Waals surface area contributed by atoms with Crippen LogP contribution in [0.3, 0.4) is 0 Å². The number of amides is 1. The monoisotopic (exact) mass is 343 g/mol. The Hall–Kier alpha value is -2.31. The van der Waals surface area contributed by atoms with E-state index in [2.05, 4.69) is 0 Å². The van der Waals surface area contributed by atoms with Crippen molar-refractivity contribution in [1.29, 1.82) is 0 Å². The molecule has 6 heteroatoms. The number of rotatable bonds is 3. The fraction of sp³-hybridized carbons (Fsp3) is 0.0588. The van der Waals surface area contributed by atoms with Gasteiger partial charge < -0.3 is 9.84 Å². The van der Waals surface area contributed by atoms with Gasteiger partial charge in [-0.05, 0) is 36.4 Å². The lowest BCUT2D eigenvalue weighted by molar-refractivity contribution is -0.113. The number of hydrogen-bond acceptors (Lipinski definition) is 5. The molecule has 4 nitrogen and oxygen atoms in total. The Morgan fingerprint density at radius 1 is 1.17 bits per heavy atom. The third kappa shape index (κ3) is 3.09. The van der Waals surface area contributed by atoms with Crippen LogP contribution in [-0.2, 0) is 4.79 Å². The predicted molar refractivity (Wildman–Crippen MR) is 96.8 cm³/mol. The number of thiocarbonyl (C=S) groups is 1. The molecule has 1 saturated heterocycles. The van der Waals surface area contributed by atoms with Gasteiger partial charge in [0.25, 0.3) is 5.91 Å². The maximum Gasteiger partial charge on any atom is 0.270 e. The molecule has 1 heterocycles. The number of ether oxygens (including phenoxy) is 1. The molecule has 2 aromatic rings. The first-order chi connectivity index (χ1) is 11.1. The number of carbonyl (C=O) groups is 1. The molecule has 3 rings (SSSR count). The van der Waals surface area contributed by atoms with E-state index in [4.69, 9.17) is 17.0 Å². The summed E-state index contributed by atoms with van der Waals surface area (Å²) in [6, 6.07) is 13.8. The zero-order valence-electron chi connectivity index (χ0n) is 12.2. The van der Waals surface area contributed by atoms with E-state index in [0.29, 0.717) is 20.7 Å². The van der Waals surface area contributed by atoms with Crippen LogP contribution in [-0.4, -0.2) is 22.4 Å². The Kier molecular flexibility index (Phi) is 4.36. The Labute approximate surface area is 143 Å². The Morgan fingerprint density at radius 3 is 2.57 bits per heavy atom. The van der Waals surface area contributed by atoms with Crippen LogP contribution in [0.4, 0.5) is 5.69 Å². The van der Waals surface area contributed by atoms with Crippen molar-refractivity contribution in [2.45, 2.75) is 0 Å². The largest absolute Gasteiger partial charge is 0.508 e. The van der Waals surface area contributed by atoms with Crippen molar-refractivity contribution in [2.24, 2.45) is 0 Å². The summed E-state index contributed by atoms with van der Waals surface area (Å²) in [6.45, 7) is 0. The van der Waals surface area contributed by atoms with E-state index >= 15 is 0 Å². The van der Waals surface area contributed by atoms with Gasteiger partial charge >= 0.3 is 0 Å². The molecule has 1 amide bonds. The van der Waals surface area contributed by atoms with Crippen molar-refractivity contribution in [3.63, 3.8) is 0 Å². The zero-order chi connectivity index (χ0) is 16.4. The second-order valence-corrected chi connectivity index (χ2v) is 6.45. The summed E-state index contributed by atoms with van der Waals surface area (Å²) in [6.07, 6.45) is 1.78. The number of methoxy groups -OCH3 is 1. The Balaban J connectivity index is 1.95. The smallest absolute Gasteiger partial charge is 0.270 e. The van der Waals surface area contributed by atoms with Crippen LogP contribution in [0.1, 0.15) is 5.56 Å². The summed E-state index contributed by atoms with van der Waals surface area (Å²) in [5, 5.41) is 9.37. The summed E-state index contributed by atoms with van der Waals surface area (Å²) < 4.78 is 5.76. The molecular formula is C17H13NO3S2. The van der Waals surface area contributed by atoms with E-state index in [0.717, 1.165) is 5.56 Å². The summed E-state index contributed by atoms with van der Waals surface area (Å²) in [5.74, 6) is 0.655. The molecule has 0 unspecified atom stereocenters. The van der Waals surface area contributed by atoms with Gasteiger partial charge in [-0.15, -0.1) is 0 Å². The number of anilines is 1. The van der Waals surface area contributed by atoms with E-state index in [1.165, 1.54) is 28.8 Å². The van der Waals surface area contributed by atoms with E-state index in [1.54, 1.807) is 25.3 Å². The molecule has 0 spiro atoms. The number of nitrogens with zero attached hydrogens (tertiary/aromatic N) is 1. The molecule has 0 bridgehead atoms. The highest BCUT2D eigenvalue weighted by atomic mass is 32.2. The molecule has 0 aromatic heterocycles. The number of thioether (sulfide) groups is 1. The Morgan fingerprint density at radius 2 is 1.87 bits per heavy atom. The average Bonchev–Trinajstić information content (AvgIpc) is 2.83. The SMILES string of the molecule is COc1ccccc1/C=C1/SC(=S)N(c2ccc(O)cc2)C1=O.